The highest BCUT2D eigenvalue weighted by atomic mass is 32.2. The highest BCUT2D eigenvalue weighted by Gasteiger charge is 2.16. The monoisotopic (exact) mass is 346 g/mol. The van der Waals surface area contributed by atoms with Crippen molar-refractivity contribution in [3.63, 3.8) is 0 Å². The van der Waals surface area contributed by atoms with E-state index in [1.165, 1.54) is 24.5 Å². The number of rotatable bonds is 6. The van der Waals surface area contributed by atoms with Crippen molar-refractivity contribution in [2.45, 2.75) is 12.3 Å². The Morgan fingerprint density at radius 1 is 1.04 bits per heavy atom. The molecule has 3 aromatic rings. The molecule has 0 aliphatic rings. The van der Waals surface area contributed by atoms with Gasteiger partial charge in [-0.25, -0.2) is 17.5 Å². The second kappa shape index (κ2) is 6.94. The van der Waals surface area contributed by atoms with Crippen molar-refractivity contribution in [2.75, 3.05) is 0 Å². The highest BCUT2D eigenvalue weighted by molar-refractivity contribution is 7.88. The summed E-state index contributed by atoms with van der Waals surface area (Å²) in [6.07, 6.45) is 3.13. The molecule has 24 heavy (non-hydrogen) atoms. The van der Waals surface area contributed by atoms with Gasteiger partial charge in [-0.15, -0.1) is 0 Å². The number of aromatic nitrogens is 1. The van der Waals surface area contributed by atoms with Crippen molar-refractivity contribution in [1.29, 1.82) is 0 Å². The molecule has 0 saturated carbocycles. The normalized spacial score (nSPS) is 11.5. The third-order valence-corrected chi connectivity index (χ3v) is 4.71. The minimum atomic E-state index is -3.69. The third kappa shape index (κ3) is 3.87. The Morgan fingerprint density at radius 3 is 2.58 bits per heavy atom. The van der Waals surface area contributed by atoms with Gasteiger partial charge in [0.1, 0.15) is 11.5 Å². The molecule has 0 spiro atoms. The SMILES string of the molecule is O=S(=O)(Cc1ccccc1F)NCc1cccnc1-c1ccco1. The number of benzene rings is 1. The summed E-state index contributed by atoms with van der Waals surface area (Å²) >= 11 is 0. The van der Waals surface area contributed by atoms with Crippen LogP contribution in [0.3, 0.4) is 0 Å². The van der Waals surface area contributed by atoms with E-state index in [9.17, 15) is 12.8 Å². The highest BCUT2D eigenvalue weighted by Crippen LogP contribution is 2.21. The summed E-state index contributed by atoms with van der Waals surface area (Å²) in [6.45, 7) is 0.0423. The summed E-state index contributed by atoms with van der Waals surface area (Å²) in [7, 11) is -3.69. The molecule has 1 N–H and O–H groups in total. The third-order valence-electron chi connectivity index (χ3n) is 3.43. The van der Waals surface area contributed by atoms with Gasteiger partial charge in [0.05, 0.1) is 12.0 Å². The lowest BCUT2D eigenvalue weighted by molar-refractivity contribution is 0.571. The first-order valence-corrected chi connectivity index (χ1v) is 8.89. The summed E-state index contributed by atoms with van der Waals surface area (Å²) in [5.74, 6) is -0.407. The summed E-state index contributed by atoms with van der Waals surface area (Å²) in [4.78, 5) is 4.23. The summed E-state index contributed by atoms with van der Waals surface area (Å²) < 4.78 is 45.8. The standard InChI is InChI=1S/C17H15FN2O3S/c18-15-7-2-1-5-14(15)12-24(21,22)20-11-13-6-3-9-19-17(13)16-8-4-10-23-16/h1-10,20H,11-12H2. The first-order valence-electron chi connectivity index (χ1n) is 7.24. The van der Waals surface area contributed by atoms with Gasteiger partial charge in [-0.1, -0.05) is 24.3 Å². The van der Waals surface area contributed by atoms with Crippen LogP contribution in [0.1, 0.15) is 11.1 Å². The number of sulfonamides is 1. The lowest BCUT2D eigenvalue weighted by Crippen LogP contribution is -2.25. The van der Waals surface area contributed by atoms with E-state index in [-0.39, 0.29) is 12.1 Å². The zero-order valence-corrected chi connectivity index (χ0v) is 13.5. The van der Waals surface area contributed by atoms with Gasteiger partial charge in [0.15, 0.2) is 5.76 Å². The zero-order valence-electron chi connectivity index (χ0n) is 12.6. The molecule has 0 atom stereocenters. The van der Waals surface area contributed by atoms with E-state index in [1.54, 1.807) is 36.5 Å². The van der Waals surface area contributed by atoms with Crippen LogP contribution in [0.25, 0.3) is 11.5 Å². The summed E-state index contributed by atoms with van der Waals surface area (Å²) in [5, 5.41) is 0. The van der Waals surface area contributed by atoms with Gasteiger partial charge in [-0.3, -0.25) is 4.98 Å². The predicted octanol–water partition coefficient (Wildman–Crippen LogP) is 3.10. The fourth-order valence-corrected chi connectivity index (χ4v) is 3.40. The van der Waals surface area contributed by atoms with Gasteiger partial charge in [0, 0.05) is 18.3 Å². The van der Waals surface area contributed by atoms with Gasteiger partial charge in [0.25, 0.3) is 0 Å². The van der Waals surface area contributed by atoms with Gasteiger partial charge in [-0.2, -0.15) is 0 Å². The Bertz CT molecular complexity index is 925. The lowest BCUT2D eigenvalue weighted by Gasteiger charge is -2.09. The predicted molar refractivity (Wildman–Crippen MR) is 87.8 cm³/mol. The Kier molecular flexibility index (Phi) is 4.73. The minimum Gasteiger partial charge on any atom is -0.463 e. The van der Waals surface area contributed by atoms with E-state index in [1.807, 2.05) is 0 Å². The van der Waals surface area contributed by atoms with Crippen molar-refractivity contribution in [3.8, 4) is 11.5 Å². The van der Waals surface area contributed by atoms with Crippen LogP contribution in [0.4, 0.5) is 4.39 Å². The maximum atomic E-state index is 13.6. The molecule has 1 aromatic carbocycles. The molecule has 5 nitrogen and oxygen atoms in total. The smallest absolute Gasteiger partial charge is 0.216 e. The first-order chi connectivity index (χ1) is 11.6. The fraction of sp³-hybridized carbons (Fsp3) is 0.118. The van der Waals surface area contributed by atoms with Crippen molar-refractivity contribution in [3.05, 3.63) is 77.9 Å². The number of halogens is 1. The molecule has 2 aromatic heterocycles. The van der Waals surface area contributed by atoms with E-state index in [0.717, 1.165) is 0 Å². The van der Waals surface area contributed by atoms with Gasteiger partial charge in [0.2, 0.25) is 10.0 Å². The molecule has 0 bridgehead atoms. The van der Waals surface area contributed by atoms with Crippen LogP contribution in [-0.2, 0) is 22.3 Å². The van der Waals surface area contributed by atoms with Crippen molar-refractivity contribution in [1.82, 2.24) is 9.71 Å². The van der Waals surface area contributed by atoms with Crippen molar-refractivity contribution < 1.29 is 17.2 Å². The zero-order chi connectivity index (χ0) is 17.0. The fourth-order valence-electron chi connectivity index (χ4n) is 2.28. The average Bonchev–Trinajstić information content (AvgIpc) is 3.10. The van der Waals surface area contributed by atoms with Crippen molar-refractivity contribution in [2.24, 2.45) is 0 Å². The largest absolute Gasteiger partial charge is 0.463 e. The second-order valence-electron chi connectivity index (χ2n) is 5.16. The van der Waals surface area contributed by atoms with E-state index in [4.69, 9.17) is 4.42 Å². The van der Waals surface area contributed by atoms with Gasteiger partial charge >= 0.3 is 0 Å². The molecule has 124 valence electrons. The molecule has 7 heteroatoms. The molecule has 3 rings (SSSR count). The van der Waals surface area contributed by atoms with E-state index >= 15 is 0 Å². The van der Waals surface area contributed by atoms with Crippen LogP contribution in [0, 0.1) is 5.82 Å². The Hall–Kier alpha value is -2.51. The van der Waals surface area contributed by atoms with Gasteiger partial charge < -0.3 is 4.42 Å². The van der Waals surface area contributed by atoms with Crippen LogP contribution in [-0.4, -0.2) is 13.4 Å². The quantitative estimate of drug-likeness (QED) is 0.744. The molecule has 0 aliphatic carbocycles. The maximum absolute atomic E-state index is 13.6. The molecule has 0 aliphatic heterocycles. The number of nitrogens with one attached hydrogen (secondary N) is 1. The van der Waals surface area contributed by atoms with Crippen LogP contribution in [0.5, 0.6) is 0 Å². The molecule has 0 radical (unpaired) electrons. The molecular weight excluding hydrogens is 331 g/mol. The molecule has 0 saturated heterocycles. The summed E-state index contributed by atoms with van der Waals surface area (Å²) in [6, 6.07) is 12.8. The number of pyridine rings is 1. The van der Waals surface area contributed by atoms with Gasteiger partial charge in [-0.05, 0) is 29.8 Å². The Balaban J connectivity index is 1.75. The van der Waals surface area contributed by atoms with Crippen LogP contribution in [0.15, 0.2) is 65.4 Å². The first kappa shape index (κ1) is 16.4. The van der Waals surface area contributed by atoms with E-state index < -0.39 is 21.6 Å². The second-order valence-corrected chi connectivity index (χ2v) is 6.97. The van der Waals surface area contributed by atoms with E-state index in [0.29, 0.717) is 17.0 Å². The van der Waals surface area contributed by atoms with Crippen molar-refractivity contribution >= 4 is 10.0 Å². The molecule has 0 unspecified atom stereocenters. The number of hydrogen-bond donors (Lipinski definition) is 1. The number of nitrogens with zero attached hydrogens (tertiary/aromatic N) is 1. The Labute approximate surface area is 139 Å². The molecule has 0 fully saturated rings. The number of furan rings is 1. The topological polar surface area (TPSA) is 72.2 Å². The Morgan fingerprint density at radius 2 is 1.83 bits per heavy atom. The minimum absolute atomic E-state index is 0.0423. The van der Waals surface area contributed by atoms with Crippen LogP contribution < -0.4 is 4.72 Å². The van der Waals surface area contributed by atoms with Crippen LogP contribution in [0.2, 0.25) is 0 Å². The lowest BCUT2D eigenvalue weighted by atomic mass is 10.1. The summed E-state index contributed by atoms with van der Waals surface area (Å²) in [5.41, 5.74) is 1.36. The molecule has 2 heterocycles. The van der Waals surface area contributed by atoms with Crippen LogP contribution >= 0.6 is 0 Å². The number of hydrogen-bond acceptors (Lipinski definition) is 4. The van der Waals surface area contributed by atoms with E-state index in [2.05, 4.69) is 9.71 Å². The molecule has 0 amide bonds. The maximum Gasteiger partial charge on any atom is 0.216 e. The molecular formula is C17H15FN2O3S. The average molecular weight is 346 g/mol.